The summed E-state index contributed by atoms with van der Waals surface area (Å²) in [5.41, 5.74) is 0.878. The molecule has 94 valence electrons. The van der Waals surface area contributed by atoms with Gasteiger partial charge in [-0.1, -0.05) is 0 Å². The molecule has 0 N–H and O–H groups in total. The van der Waals surface area contributed by atoms with Crippen molar-refractivity contribution in [1.29, 1.82) is 0 Å². The fourth-order valence-electron chi connectivity index (χ4n) is 1.48. The summed E-state index contributed by atoms with van der Waals surface area (Å²) in [6.07, 6.45) is 8.35. The van der Waals surface area contributed by atoms with Gasteiger partial charge >= 0.3 is 0 Å². The molecule has 0 fully saturated rings. The second-order valence-corrected chi connectivity index (χ2v) is 3.70. The smallest absolute Gasteiger partial charge is 0.234 e. The molecule has 6 nitrogen and oxygen atoms in total. The summed E-state index contributed by atoms with van der Waals surface area (Å²) in [6.45, 7) is 3.11. The van der Waals surface area contributed by atoms with Gasteiger partial charge in [-0.3, -0.25) is 15.0 Å². The quantitative estimate of drug-likeness (QED) is 0.791. The fraction of sp³-hybridized carbons (Fsp3) is 0.333. The molecule has 0 aliphatic heterocycles. The minimum Gasteiger partial charge on any atom is -0.477 e. The van der Waals surface area contributed by atoms with Gasteiger partial charge in [-0.25, -0.2) is 0 Å². The molecule has 0 aromatic carbocycles. The lowest BCUT2D eigenvalue weighted by molar-refractivity contribution is 0.325. The first-order valence-corrected chi connectivity index (χ1v) is 5.70. The third kappa shape index (κ3) is 3.13. The van der Waals surface area contributed by atoms with Crippen molar-refractivity contribution in [3.8, 4) is 5.88 Å². The first-order chi connectivity index (χ1) is 8.79. The van der Waals surface area contributed by atoms with Crippen molar-refractivity contribution in [2.45, 2.75) is 13.5 Å². The van der Waals surface area contributed by atoms with Crippen molar-refractivity contribution >= 4 is 5.82 Å². The highest BCUT2D eigenvalue weighted by atomic mass is 16.5. The maximum atomic E-state index is 5.32. The number of hydrogen-bond acceptors (Lipinski definition) is 6. The maximum absolute atomic E-state index is 5.32. The molecule has 0 unspecified atom stereocenters. The minimum absolute atomic E-state index is 0.529. The number of rotatable bonds is 5. The summed E-state index contributed by atoms with van der Waals surface area (Å²) >= 11 is 0. The van der Waals surface area contributed by atoms with E-state index < -0.39 is 0 Å². The Kier molecular flexibility index (Phi) is 4.01. The minimum atomic E-state index is 0.529. The topological polar surface area (TPSA) is 64.0 Å². The van der Waals surface area contributed by atoms with E-state index in [4.69, 9.17) is 4.74 Å². The summed E-state index contributed by atoms with van der Waals surface area (Å²) in [5, 5.41) is 0. The van der Waals surface area contributed by atoms with Crippen LogP contribution in [0, 0.1) is 0 Å². The van der Waals surface area contributed by atoms with Gasteiger partial charge in [0.25, 0.3) is 0 Å². The Morgan fingerprint density at radius 3 is 2.78 bits per heavy atom. The third-order valence-electron chi connectivity index (χ3n) is 2.30. The predicted octanol–water partition coefficient (Wildman–Crippen LogP) is 1.30. The van der Waals surface area contributed by atoms with E-state index in [2.05, 4.69) is 19.9 Å². The Bertz CT molecular complexity index is 491. The first-order valence-electron chi connectivity index (χ1n) is 5.70. The van der Waals surface area contributed by atoms with Crippen LogP contribution in [0.15, 0.2) is 31.0 Å². The number of nitrogens with zero attached hydrogens (tertiary/aromatic N) is 5. The molecule has 18 heavy (non-hydrogen) atoms. The Labute approximate surface area is 106 Å². The van der Waals surface area contributed by atoms with E-state index in [1.807, 2.05) is 18.9 Å². The molecule has 0 saturated heterocycles. The van der Waals surface area contributed by atoms with E-state index in [9.17, 15) is 0 Å². The molecule has 0 atom stereocenters. The van der Waals surface area contributed by atoms with Crippen molar-refractivity contribution in [1.82, 2.24) is 19.9 Å². The van der Waals surface area contributed by atoms with Crippen LogP contribution in [-0.2, 0) is 6.54 Å². The van der Waals surface area contributed by atoms with Gasteiger partial charge in [0.15, 0.2) is 5.82 Å². The van der Waals surface area contributed by atoms with Crippen LogP contribution in [0.3, 0.4) is 0 Å². The van der Waals surface area contributed by atoms with Crippen LogP contribution in [0.4, 0.5) is 5.82 Å². The number of anilines is 1. The van der Waals surface area contributed by atoms with Gasteiger partial charge in [-0.05, 0) is 6.92 Å². The van der Waals surface area contributed by atoms with Gasteiger partial charge in [0, 0.05) is 19.4 Å². The molecule has 2 heterocycles. The summed E-state index contributed by atoms with van der Waals surface area (Å²) in [4.78, 5) is 18.6. The summed E-state index contributed by atoms with van der Waals surface area (Å²) < 4.78 is 5.32. The molecule has 0 saturated carbocycles. The third-order valence-corrected chi connectivity index (χ3v) is 2.30. The lowest BCUT2D eigenvalue weighted by Crippen LogP contribution is -2.19. The SMILES string of the molecule is CCOc1cncc(N(C)Cc2cnccn2)n1. The van der Waals surface area contributed by atoms with Crippen LogP contribution in [0.2, 0.25) is 0 Å². The van der Waals surface area contributed by atoms with E-state index in [1.165, 1.54) is 0 Å². The Morgan fingerprint density at radius 2 is 2.06 bits per heavy atom. The fourth-order valence-corrected chi connectivity index (χ4v) is 1.48. The molecule has 6 heteroatoms. The van der Waals surface area contributed by atoms with Gasteiger partial charge in [-0.15, -0.1) is 0 Å². The first kappa shape index (κ1) is 12.2. The molecule has 2 rings (SSSR count). The van der Waals surface area contributed by atoms with Crippen molar-refractivity contribution in [3.63, 3.8) is 0 Å². The van der Waals surface area contributed by atoms with Gasteiger partial charge in [0.05, 0.1) is 37.4 Å². The normalized spacial score (nSPS) is 10.1. The highest BCUT2D eigenvalue weighted by Crippen LogP contribution is 2.14. The highest BCUT2D eigenvalue weighted by Gasteiger charge is 2.06. The molecule has 0 bridgehead atoms. The number of hydrogen-bond donors (Lipinski definition) is 0. The average Bonchev–Trinajstić information content (AvgIpc) is 2.40. The second kappa shape index (κ2) is 5.90. The van der Waals surface area contributed by atoms with Gasteiger partial charge in [0.1, 0.15) is 0 Å². The zero-order chi connectivity index (χ0) is 12.8. The molecule has 0 spiro atoms. The monoisotopic (exact) mass is 245 g/mol. The predicted molar refractivity (Wildman–Crippen MR) is 67.3 cm³/mol. The standard InChI is InChI=1S/C12H15N5O/c1-3-18-12-8-14-7-11(16-12)17(2)9-10-6-13-4-5-15-10/h4-8H,3,9H2,1-2H3. The van der Waals surface area contributed by atoms with E-state index in [-0.39, 0.29) is 0 Å². The molecular formula is C12H15N5O. The summed E-state index contributed by atoms with van der Waals surface area (Å²) in [7, 11) is 1.93. The van der Waals surface area contributed by atoms with Gasteiger partial charge in [0.2, 0.25) is 5.88 Å². The molecule has 0 aliphatic carbocycles. The molecule has 0 aliphatic rings. The highest BCUT2D eigenvalue weighted by molar-refractivity contribution is 5.36. The van der Waals surface area contributed by atoms with Crippen molar-refractivity contribution in [2.24, 2.45) is 0 Å². The summed E-state index contributed by atoms with van der Waals surface area (Å²) in [6, 6.07) is 0. The van der Waals surface area contributed by atoms with Crippen molar-refractivity contribution < 1.29 is 4.74 Å². The molecule has 2 aromatic heterocycles. The average molecular weight is 245 g/mol. The zero-order valence-electron chi connectivity index (χ0n) is 10.4. The largest absolute Gasteiger partial charge is 0.477 e. The second-order valence-electron chi connectivity index (χ2n) is 3.70. The van der Waals surface area contributed by atoms with E-state index >= 15 is 0 Å². The lowest BCUT2D eigenvalue weighted by Gasteiger charge is -2.17. The van der Waals surface area contributed by atoms with E-state index in [1.54, 1.807) is 31.0 Å². The maximum Gasteiger partial charge on any atom is 0.234 e. The van der Waals surface area contributed by atoms with Gasteiger partial charge in [-0.2, -0.15) is 4.98 Å². The van der Waals surface area contributed by atoms with Crippen LogP contribution < -0.4 is 9.64 Å². The number of aromatic nitrogens is 4. The number of ether oxygens (including phenoxy) is 1. The lowest BCUT2D eigenvalue weighted by atomic mass is 10.4. The van der Waals surface area contributed by atoms with Crippen LogP contribution in [0.5, 0.6) is 5.88 Å². The zero-order valence-corrected chi connectivity index (χ0v) is 10.4. The van der Waals surface area contributed by atoms with E-state index in [0.717, 1.165) is 11.5 Å². The Balaban J connectivity index is 2.08. The molecule has 2 aromatic rings. The molecule has 0 radical (unpaired) electrons. The van der Waals surface area contributed by atoms with Crippen molar-refractivity contribution in [2.75, 3.05) is 18.6 Å². The molecular weight excluding hydrogens is 230 g/mol. The van der Waals surface area contributed by atoms with Crippen LogP contribution in [0.25, 0.3) is 0 Å². The Morgan fingerprint density at radius 1 is 1.17 bits per heavy atom. The van der Waals surface area contributed by atoms with Crippen LogP contribution >= 0.6 is 0 Å². The van der Waals surface area contributed by atoms with Crippen LogP contribution in [-0.4, -0.2) is 33.6 Å². The van der Waals surface area contributed by atoms with Crippen LogP contribution in [0.1, 0.15) is 12.6 Å². The van der Waals surface area contributed by atoms with Crippen molar-refractivity contribution in [3.05, 3.63) is 36.7 Å². The van der Waals surface area contributed by atoms with Gasteiger partial charge < -0.3 is 9.64 Å². The Hall–Kier alpha value is -2.24. The van der Waals surface area contributed by atoms with E-state index in [0.29, 0.717) is 19.0 Å². The summed E-state index contributed by atoms with van der Waals surface area (Å²) in [5.74, 6) is 1.27. The molecule has 0 amide bonds.